The third-order valence-electron chi connectivity index (χ3n) is 2.98. The van der Waals surface area contributed by atoms with Gasteiger partial charge < -0.3 is 14.8 Å². The molecule has 0 aliphatic heterocycles. The van der Waals surface area contributed by atoms with E-state index < -0.39 is 17.5 Å². The first-order chi connectivity index (χ1) is 11.1. The second-order valence-corrected chi connectivity index (χ2v) is 4.69. The van der Waals surface area contributed by atoms with Crippen molar-refractivity contribution < 1.29 is 23.0 Å². The summed E-state index contributed by atoms with van der Waals surface area (Å²) in [4.78, 5) is 11.7. The summed E-state index contributed by atoms with van der Waals surface area (Å²) in [6.07, 6.45) is 0. The Hall–Kier alpha value is -2.63. The Morgan fingerprint density at radius 2 is 1.78 bits per heavy atom. The smallest absolute Gasteiger partial charge is 0.258 e. The summed E-state index contributed by atoms with van der Waals surface area (Å²) in [6.45, 7) is 1.97. The monoisotopic (exact) mass is 321 g/mol. The van der Waals surface area contributed by atoms with E-state index in [1.54, 1.807) is 19.1 Å². The number of carbonyl (C=O) groups excluding carboxylic acids is 1. The minimum absolute atomic E-state index is 0.00904. The van der Waals surface area contributed by atoms with E-state index in [2.05, 4.69) is 5.32 Å². The molecule has 2 rings (SSSR count). The molecule has 6 heteroatoms. The van der Waals surface area contributed by atoms with Crippen LogP contribution in [0.5, 0.6) is 11.5 Å². The maximum absolute atomic E-state index is 13.7. The first kappa shape index (κ1) is 16.7. The Bertz CT molecular complexity index is 677. The molecule has 0 saturated heterocycles. The number of hydrogen-bond donors (Lipinski definition) is 1. The van der Waals surface area contributed by atoms with E-state index in [-0.39, 0.29) is 24.7 Å². The number of carbonyl (C=O) groups is 1. The zero-order valence-electron chi connectivity index (χ0n) is 12.6. The largest absolute Gasteiger partial charge is 0.491 e. The molecule has 23 heavy (non-hydrogen) atoms. The molecule has 122 valence electrons. The topological polar surface area (TPSA) is 47.6 Å². The SMILES string of the molecule is CCOc1ccc(CNC(=O)COc2ccccc2F)cc1F. The van der Waals surface area contributed by atoms with E-state index in [9.17, 15) is 13.6 Å². The first-order valence-corrected chi connectivity index (χ1v) is 7.15. The van der Waals surface area contributed by atoms with Crippen LogP contribution in [-0.2, 0) is 11.3 Å². The minimum atomic E-state index is -0.533. The van der Waals surface area contributed by atoms with E-state index in [0.717, 1.165) is 0 Å². The Morgan fingerprint density at radius 1 is 1.04 bits per heavy atom. The van der Waals surface area contributed by atoms with Crippen molar-refractivity contribution in [3.05, 3.63) is 59.7 Å². The van der Waals surface area contributed by atoms with Gasteiger partial charge in [-0.05, 0) is 36.8 Å². The number of benzene rings is 2. The highest BCUT2D eigenvalue weighted by Crippen LogP contribution is 2.18. The van der Waals surface area contributed by atoms with E-state index in [0.29, 0.717) is 12.2 Å². The molecule has 0 heterocycles. The average molecular weight is 321 g/mol. The molecule has 4 nitrogen and oxygen atoms in total. The highest BCUT2D eigenvalue weighted by molar-refractivity contribution is 5.77. The van der Waals surface area contributed by atoms with Gasteiger partial charge in [-0.1, -0.05) is 18.2 Å². The van der Waals surface area contributed by atoms with Crippen molar-refractivity contribution in [3.8, 4) is 11.5 Å². The van der Waals surface area contributed by atoms with Gasteiger partial charge in [0.05, 0.1) is 6.61 Å². The maximum atomic E-state index is 13.7. The molecular weight excluding hydrogens is 304 g/mol. The average Bonchev–Trinajstić information content (AvgIpc) is 2.54. The lowest BCUT2D eigenvalue weighted by Gasteiger charge is -2.09. The van der Waals surface area contributed by atoms with Gasteiger partial charge in [-0.25, -0.2) is 8.78 Å². The Kier molecular flexibility index (Phi) is 5.91. The van der Waals surface area contributed by atoms with Gasteiger partial charge in [-0.3, -0.25) is 4.79 Å². The van der Waals surface area contributed by atoms with Gasteiger partial charge in [0, 0.05) is 6.54 Å². The van der Waals surface area contributed by atoms with Crippen LogP contribution in [0.2, 0.25) is 0 Å². The molecule has 0 radical (unpaired) electrons. The third kappa shape index (κ3) is 4.95. The summed E-state index contributed by atoms with van der Waals surface area (Å²) >= 11 is 0. The van der Waals surface area contributed by atoms with Crippen molar-refractivity contribution >= 4 is 5.91 Å². The number of para-hydroxylation sites is 1. The molecule has 0 bridgehead atoms. The molecule has 0 aliphatic carbocycles. The lowest BCUT2D eigenvalue weighted by molar-refractivity contribution is -0.123. The highest BCUT2D eigenvalue weighted by atomic mass is 19.1. The molecule has 0 aliphatic rings. The fourth-order valence-electron chi connectivity index (χ4n) is 1.88. The summed E-state index contributed by atoms with van der Waals surface area (Å²) in [5.41, 5.74) is 0.588. The van der Waals surface area contributed by atoms with Gasteiger partial charge in [-0.2, -0.15) is 0 Å². The molecule has 1 amide bonds. The van der Waals surface area contributed by atoms with Gasteiger partial charge >= 0.3 is 0 Å². The molecule has 2 aromatic rings. The Labute approximate surface area is 133 Å². The molecule has 0 fully saturated rings. The predicted octanol–water partition coefficient (Wildman–Crippen LogP) is 3.06. The van der Waals surface area contributed by atoms with Crippen molar-refractivity contribution in [2.24, 2.45) is 0 Å². The summed E-state index contributed by atoms with van der Waals surface area (Å²) in [5, 5.41) is 2.57. The molecule has 0 aromatic heterocycles. The first-order valence-electron chi connectivity index (χ1n) is 7.15. The minimum Gasteiger partial charge on any atom is -0.491 e. The van der Waals surface area contributed by atoms with Gasteiger partial charge in [0.1, 0.15) is 0 Å². The predicted molar refractivity (Wildman–Crippen MR) is 81.3 cm³/mol. The van der Waals surface area contributed by atoms with Crippen LogP contribution in [0.4, 0.5) is 8.78 Å². The standard InChI is InChI=1S/C17H17F2NO3/c1-2-22-16-8-7-12(9-14(16)19)10-20-17(21)11-23-15-6-4-3-5-13(15)18/h3-9H,2,10-11H2,1H3,(H,20,21). The van der Waals surface area contributed by atoms with E-state index >= 15 is 0 Å². The third-order valence-corrected chi connectivity index (χ3v) is 2.98. The van der Waals surface area contributed by atoms with Crippen molar-refractivity contribution in [3.63, 3.8) is 0 Å². The van der Waals surface area contributed by atoms with Gasteiger partial charge in [-0.15, -0.1) is 0 Å². The van der Waals surface area contributed by atoms with Crippen molar-refractivity contribution in [2.45, 2.75) is 13.5 Å². The molecular formula is C17H17F2NO3. The molecule has 2 aromatic carbocycles. The van der Waals surface area contributed by atoms with Crippen molar-refractivity contribution in [2.75, 3.05) is 13.2 Å². The highest BCUT2D eigenvalue weighted by Gasteiger charge is 2.08. The number of hydrogen-bond acceptors (Lipinski definition) is 3. The molecule has 0 unspecified atom stereocenters. The Morgan fingerprint density at radius 3 is 2.48 bits per heavy atom. The van der Waals surface area contributed by atoms with Crippen LogP contribution in [0.3, 0.4) is 0 Å². The van der Waals surface area contributed by atoms with Gasteiger partial charge in [0.25, 0.3) is 5.91 Å². The molecule has 0 atom stereocenters. The van der Waals surface area contributed by atoms with Crippen molar-refractivity contribution in [1.29, 1.82) is 0 Å². The van der Waals surface area contributed by atoms with Gasteiger partial charge in [0.2, 0.25) is 0 Å². The van der Waals surface area contributed by atoms with Gasteiger partial charge in [0.15, 0.2) is 29.7 Å². The lowest BCUT2D eigenvalue weighted by Crippen LogP contribution is -2.28. The number of rotatable bonds is 7. The summed E-state index contributed by atoms with van der Waals surface area (Å²) in [7, 11) is 0. The Balaban J connectivity index is 1.82. The van der Waals surface area contributed by atoms with E-state index in [1.165, 1.54) is 30.3 Å². The molecule has 1 N–H and O–H groups in total. The fourth-order valence-corrected chi connectivity index (χ4v) is 1.88. The van der Waals surface area contributed by atoms with Crippen molar-refractivity contribution in [1.82, 2.24) is 5.32 Å². The van der Waals surface area contributed by atoms with Crippen LogP contribution in [0.1, 0.15) is 12.5 Å². The summed E-state index contributed by atoms with van der Waals surface area (Å²) < 4.78 is 37.2. The number of nitrogens with one attached hydrogen (secondary N) is 1. The molecule has 0 saturated carbocycles. The maximum Gasteiger partial charge on any atom is 0.258 e. The summed E-state index contributed by atoms with van der Waals surface area (Å²) in [6, 6.07) is 10.3. The van der Waals surface area contributed by atoms with Crippen LogP contribution in [0.25, 0.3) is 0 Å². The van der Waals surface area contributed by atoms with Crippen LogP contribution in [0.15, 0.2) is 42.5 Å². The normalized spacial score (nSPS) is 10.2. The molecule has 0 spiro atoms. The number of amides is 1. The fraction of sp³-hybridized carbons (Fsp3) is 0.235. The summed E-state index contributed by atoms with van der Waals surface area (Å²) in [5.74, 6) is -1.27. The number of ether oxygens (including phenoxy) is 2. The second-order valence-electron chi connectivity index (χ2n) is 4.69. The van der Waals surface area contributed by atoms with E-state index in [1.807, 2.05) is 0 Å². The quantitative estimate of drug-likeness (QED) is 0.852. The second kappa shape index (κ2) is 8.12. The zero-order valence-corrected chi connectivity index (χ0v) is 12.6. The van der Waals surface area contributed by atoms with E-state index in [4.69, 9.17) is 9.47 Å². The lowest BCUT2D eigenvalue weighted by atomic mass is 10.2. The zero-order chi connectivity index (χ0) is 16.7. The van der Waals surface area contributed by atoms with Crippen LogP contribution < -0.4 is 14.8 Å². The van der Waals surface area contributed by atoms with Crippen LogP contribution in [-0.4, -0.2) is 19.1 Å². The van der Waals surface area contributed by atoms with Crippen LogP contribution >= 0.6 is 0 Å². The number of halogens is 2. The van der Waals surface area contributed by atoms with Crippen LogP contribution in [0, 0.1) is 11.6 Å².